The maximum absolute atomic E-state index is 2.43. The molecule has 0 rings (SSSR count). The van der Waals surface area contributed by atoms with Crippen LogP contribution in [0.15, 0.2) is 0 Å². The number of nitrogens with two attached hydrogens (primary N) is 1. The highest BCUT2D eigenvalue weighted by atomic mass is 15.1. The smallest absolute Gasteiger partial charge is 0.0758 e. The van der Waals surface area contributed by atoms with Crippen LogP contribution in [0.2, 0.25) is 0 Å². The molecule has 0 aromatic heterocycles. The summed E-state index contributed by atoms with van der Waals surface area (Å²) in [6.07, 6.45) is 2.62. The van der Waals surface area contributed by atoms with Gasteiger partial charge in [0.05, 0.1) is 13.6 Å². The second-order valence-corrected chi connectivity index (χ2v) is 5.44. The van der Waals surface area contributed by atoms with E-state index in [2.05, 4.69) is 52.0 Å². The van der Waals surface area contributed by atoms with Crippen molar-refractivity contribution in [3.05, 3.63) is 0 Å². The van der Waals surface area contributed by atoms with Crippen LogP contribution in [-0.4, -0.2) is 38.1 Å². The lowest BCUT2D eigenvalue weighted by Gasteiger charge is -2.28. The van der Waals surface area contributed by atoms with Gasteiger partial charge >= 0.3 is 0 Å². The van der Waals surface area contributed by atoms with E-state index in [0.29, 0.717) is 11.5 Å². The van der Waals surface area contributed by atoms with E-state index in [0.717, 1.165) is 0 Å². The highest BCUT2D eigenvalue weighted by Crippen LogP contribution is 2.24. The van der Waals surface area contributed by atoms with E-state index >= 15 is 0 Å². The van der Waals surface area contributed by atoms with E-state index in [1.807, 2.05) is 0 Å². The van der Waals surface area contributed by atoms with Crippen LogP contribution < -0.4 is 5.32 Å². The van der Waals surface area contributed by atoms with Gasteiger partial charge in [-0.05, 0) is 39.3 Å². The second-order valence-electron chi connectivity index (χ2n) is 5.44. The Labute approximate surface area is 90.1 Å². The molecule has 0 aliphatic rings. The zero-order valence-electron chi connectivity index (χ0n) is 10.9. The predicted molar refractivity (Wildman–Crippen MR) is 63.5 cm³/mol. The minimum absolute atomic E-state index is 0.496. The molecule has 0 radical (unpaired) electrons. The quantitative estimate of drug-likeness (QED) is 0.659. The summed E-state index contributed by atoms with van der Waals surface area (Å²) in [7, 11) is 4.36. The van der Waals surface area contributed by atoms with Gasteiger partial charge in [0, 0.05) is 12.5 Å². The zero-order valence-corrected chi connectivity index (χ0v) is 10.9. The van der Waals surface area contributed by atoms with Crippen LogP contribution in [0.4, 0.5) is 0 Å². The molecule has 0 atom stereocenters. The van der Waals surface area contributed by atoms with Gasteiger partial charge < -0.3 is 10.2 Å². The summed E-state index contributed by atoms with van der Waals surface area (Å²) in [5.41, 5.74) is 0.496. The van der Waals surface area contributed by atoms with Gasteiger partial charge in [0.1, 0.15) is 0 Å². The van der Waals surface area contributed by atoms with Gasteiger partial charge in [0.15, 0.2) is 0 Å². The lowest BCUT2D eigenvalue weighted by molar-refractivity contribution is -0.628. The van der Waals surface area contributed by atoms with Crippen molar-refractivity contribution in [2.45, 2.75) is 46.6 Å². The van der Waals surface area contributed by atoms with Crippen molar-refractivity contribution in [2.24, 2.45) is 5.41 Å². The molecule has 0 bridgehead atoms. The highest BCUT2D eigenvalue weighted by molar-refractivity contribution is 4.70. The van der Waals surface area contributed by atoms with Gasteiger partial charge in [-0.25, -0.2) is 0 Å². The molecule has 0 amide bonds. The maximum atomic E-state index is 2.43. The maximum Gasteiger partial charge on any atom is 0.0758 e. The first-order chi connectivity index (χ1) is 6.39. The van der Waals surface area contributed by atoms with Gasteiger partial charge in [-0.1, -0.05) is 13.8 Å². The standard InChI is InChI=1S/C12H28N2/c1-11(2)14(6)10-8-12(3,4)7-9-13-5/h11,13H,7-10H2,1-6H3/p+1. The van der Waals surface area contributed by atoms with E-state index in [1.54, 1.807) is 0 Å². The Bertz CT molecular complexity index is 141. The molecule has 0 fully saturated rings. The summed E-state index contributed by atoms with van der Waals surface area (Å²) < 4.78 is 0. The molecule has 0 unspecified atom stereocenters. The van der Waals surface area contributed by atoms with Gasteiger partial charge in [-0.15, -0.1) is 0 Å². The van der Waals surface area contributed by atoms with E-state index in [-0.39, 0.29) is 0 Å². The zero-order chi connectivity index (χ0) is 11.2. The summed E-state index contributed by atoms with van der Waals surface area (Å²) in [6, 6.07) is 0.670. The summed E-state index contributed by atoms with van der Waals surface area (Å²) in [5.74, 6) is 0. The SMILES string of the molecule is C[NH2+]CCC(C)(C)CCN(C)C(C)C. The van der Waals surface area contributed by atoms with Crippen LogP contribution in [0.3, 0.4) is 0 Å². The molecule has 0 aromatic rings. The number of hydrogen-bond acceptors (Lipinski definition) is 1. The van der Waals surface area contributed by atoms with Gasteiger partial charge in [0.2, 0.25) is 0 Å². The van der Waals surface area contributed by atoms with Crippen LogP contribution in [0.25, 0.3) is 0 Å². The van der Waals surface area contributed by atoms with E-state index < -0.39 is 0 Å². The van der Waals surface area contributed by atoms with Crippen LogP contribution in [0, 0.1) is 5.41 Å². The predicted octanol–water partition coefficient (Wildman–Crippen LogP) is 1.33. The molecule has 0 aromatic carbocycles. The summed E-state index contributed by atoms with van der Waals surface area (Å²) in [6.45, 7) is 11.7. The van der Waals surface area contributed by atoms with Crippen molar-refractivity contribution >= 4 is 0 Å². The van der Waals surface area contributed by atoms with E-state index in [1.165, 1.54) is 25.9 Å². The monoisotopic (exact) mass is 201 g/mol. The lowest BCUT2D eigenvalue weighted by atomic mass is 9.85. The van der Waals surface area contributed by atoms with Gasteiger partial charge in [-0.3, -0.25) is 0 Å². The first-order valence-corrected chi connectivity index (χ1v) is 5.87. The number of quaternary nitrogens is 1. The van der Waals surface area contributed by atoms with E-state index in [9.17, 15) is 0 Å². The van der Waals surface area contributed by atoms with Gasteiger partial charge in [0.25, 0.3) is 0 Å². The average Bonchev–Trinajstić information content (AvgIpc) is 2.11. The van der Waals surface area contributed by atoms with Crippen LogP contribution in [-0.2, 0) is 0 Å². The first-order valence-electron chi connectivity index (χ1n) is 5.87. The third-order valence-electron chi connectivity index (χ3n) is 3.13. The Kier molecular flexibility index (Phi) is 6.38. The summed E-state index contributed by atoms with van der Waals surface area (Å²) in [4.78, 5) is 2.43. The summed E-state index contributed by atoms with van der Waals surface area (Å²) >= 11 is 0. The van der Waals surface area contributed by atoms with Crippen molar-refractivity contribution < 1.29 is 5.32 Å². The molecule has 2 heteroatoms. The second kappa shape index (κ2) is 6.41. The van der Waals surface area contributed by atoms with Crippen molar-refractivity contribution in [3.63, 3.8) is 0 Å². The molecule has 0 heterocycles. The average molecular weight is 201 g/mol. The van der Waals surface area contributed by atoms with Crippen molar-refractivity contribution in [1.29, 1.82) is 0 Å². The van der Waals surface area contributed by atoms with Crippen molar-refractivity contribution in [2.75, 3.05) is 27.2 Å². The van der Waals surface area contributed by atoms with Crippen LogP contribution >= 0.6 is 0 Å². The molecule has 2 nitrogen and oxygen atoms in total. The number of rotatable bonds is 7. The van der Waals surface area contributed by atoms with Crippen molar-refractivity contribution in [1.82, 2.24) is 4.90 Å². The number of nitrogens with zero attached hydrogens (tertiary/aromatic N) is 1. The lowest BCUT2D eigenvalue weighted by Crippen LogP contribution is -2.80. The third kappa shape index (κ3) is 6.39. The van der Waals surface area contributed by atoms with Crippen LogP contribution in [0.5, 0.6) is 0 Å². The number of hydrogen-bond donors (Lipinski definition) is 1. The molecule has 2 N–H and O–H groups in total. The first kappa shape index (κ1) is 13.9. The molecule has 0 saturated carbocycles. The minimum atomic E-state index is 0.496. The molecular weight excluding hydrogens is 172 g/mol. The Morgan fingerprint density at radius 2 is 1.79 bits per heavy atom. The van der Waals surface area contributed by atoms with Crippen molar-refractivity contribution in [3.8, 4) is 0 Å². The molecule has 86 valence electrons. The Morgan fingerprint density at radius 1 is 1.21 bits per heavy atom. The normalized spacial score (nSPS) is 12.9. The Balaban J connectivity index is 3.74. The topological polar surface area (TPSA) is 19.9 Å². The third-order valence-corrected chi connectivity index (χ3v) is 3.13. The Morgan fingerprint density at radius 3 is 2.21 bits per heavy atom. The fourth-order valence-electron chi connectivity index (χ4n) is 1.40. The molecule has 0 aliphatic heterocycles. The van der Waals surface area contributed by atoms with Gasteiger partial charge in [-0.2, -0.15) is 0 Å². The molecular formula is C12H29N2+. The highest BCUT2D eigenvalue weighted by Gasteiger charge is 2.19. The van der Waals surface area contributed by atoms with Crippen LogP contribution in [0.1, 0.15) is 40.5 Å². The summed E-state index contributed by atoms with van der Waals surface area (Å²) in [5, 5.41) is 2.27. The molecule has 14 heavy (non-hydrogen) atoms. The molecule has 0 aliphatic carbocycles. The minimum Gasteiger partial charge on any atom is -0.349 e. The Hall–Kier alpha value is -0.0800. The fourth-order valence-corrected chi connectivity index (χ4v) is 1.40. The van der Waals surface area contributed by atoms with E-state index in [4.69, 9.17) is 0 Å². The molecule has 0 saturated heterocycles. The fraction of sp³-hybridized carbons (Fsp3) is 1.00. The molecule has 0 spiro atoms. The largest absolute Gasteiger partial charge is 0.349 e.